The zero-order valence-corrected chi connectivity index (χ0v) is 14.9. The molecule has 0 fully saturated rings. The van der Waals surface area contributed by atoms with Gasteiger partial charge in [-0.3, -0.25) is 6.08 Å². The van der Waals surface area contributed by atoms with Crippen LogP contribution in [-0.2, 0) is 23.9 Å². The van der Waals surface area contributed by atoms with Crippen LogP contribution in [0.15, 0.2) is 72.8 Å². The fourth-order valence-electron chi connectivity index (χ4n) is 2.24. The van der Waals surface area contributed by atoms with Gasteiger partial charge in [-0.2, -0.15) is 6.08 Å². The van der Waals surface area contributed by atoms with Crippen LogP contribution < -0.4 is 0 Å². The van der Waals surface area contributed by atoms with Gasteiger partial charge in [-0.15, -0.1) is 46.2 Å². The summed E-state index contributed by atoms with van der Waals surface area (Å²) >= 11 is 1.06. The fraction of sp³-hybridized carbons (Fsp3) is 0.0526. The van der Waals surface area contributed by atoms with Gasteiger partial charge in [0.2, 0.25) is 0 Å². The van der Waals surface area contributed by atoms with Gasteiger partial charge in [0.05, 0.1) is 0 Å². The second-order valence-electron chi connectivity index (χ2n) is 4.32. The number of allylic oxidation sites excluding steroid dienone is 4. The maximum Gasteiger partial charge on any atom is -0.0771 e. The second kappa shape index (κ2) is 7.96. The average molecular weight is 423 g/mol. The van der Waals surface area contributed by atoms with E-state index >= 15 is 0 Å². The van der Waals surface area contributed by atoms with Crippen LogP contribution in [-0.4, -0.2) is 4.26 Å². The molecule has 0 nitrogen and oxygen atoms in total. The van der Waals surface area contributed by atoms with E-state index in [1.54, 1.807) is 0 Å². The van der Waals surface area contributed by atoms with Gasteiger partial charge in [0.1, 0.15) is 0 Å². The van der Waals surface area contributed by atoms with E-state index in [9.17, 15) is 0 Å². The van der Waals surface area contributed by atoms with Crippen molar-refractivity contribution >= 4 is 25.8 Å². The number of rotatable bonds is 0. The molecule has 0 radical (unpaired) electrons. The molecule has 1 aliphatic carbocycles. The van der Waals surface area contributed by atoms with Crippen molar-refractivity contribution in [3.05, 3.63) is 78.9 Å². The van der Waals surface area contributed by atoms with E-state index in [4.69, 9.17) is 0 Å². The summed E-state index contributed by atoms with van der Waals surface area (Å²) in [6.45, 7) is 0. The molecule has 1 aliphatic rings. The molecule has 0 atom stereocenters. The summed E-state index contributed by atoms with van der Waals surface area (Å²) in [6, 6.07) is 19.3. The van der Waals surface area contributed by atoms with E-state index in [1.165, 1.54) is 21.5 Å². The zero-order chi connectivity index (χ0) is 14.2. The molecule has 3 aromatic carbocycles. The quantitative estimate of drug-likeness (QED) is 0.354. The van der Waals surface area contributed by atoms with Crippen molar-refractivity contribution in [2.45, 2.75) is 6.42 Å². The molecule has 96 valence electrons. The van der Waals surface area contributed by atoms with Gasteiger partial charge in [-0.25, -0.2) is 12.2 Å². The van der Waals surface area contributed by atoms with Crippen molar-refractivity contribution in [2.75, 3.05) is 0 Å². The van der Waals surface area contributed by atoms with Crippen LogP contribution >= 0.6 is 0 Å². The average Bonchev–Trinajstić information content (AvgIpc) is 3.20. The van der Waals surface area contributed by atoms with Gasteiger partial charge < -0.3 is 0 Å². The van der Waals surface area contributed by atoms with E-state index < -0.39 is 0 Å². The first kappa shape index (κ1) is 14.9. The zero-order valence-electron chi connectivity index (χ0n) is 11.3. The van der Waals surface area contributed by atoms with Crippen LogP contribution in [0.4, 0.5) is 0 Å². The van der Waals surface area contributed by atoms with Gasteiger partial charge >= 0.3 is 28.2 Å². The Morgan fingerprint density at radius 1 is 0.900 bits per heavy atom. The molecule has 0 spiro atoms. The molecular weight excluding hydrogens is 407 g/mol. The Kier molecular flexibility index (Phi) is 5.94. The number of fused-ring (bicyclic) bond motifs is 3. The number of benzene rings is 2. The molecular formula is C19H16Hf. The van der Waals surface area contributed by atoms with Gasteiger partial charge in [0, 0.05) is 0 Å². The molecule has 0 bridgehead atoms. The molecule has 0 unspecified atom stereocenters. The summed E-state index contributed by atoms with van der Waals surface area (Å²) in [5, 5.41) is 5.39. The van der Waals surface area contributed by atoms with Crippen molar-refractivity contribution in [2.24, 2.45) is 0 Å². The summed E-state index contributed by atoms with van der Waals surface area (Å²) in [7, 11) is 0. The van der Waals surface area contributed by atoms with Gasteiger partial charge in [0.15, 0.2) is 0 Å². The van der Waals surface area contributed by atoms with E-state index in [0.717, 1.165) is 30.3 Å². The summed E-state index contributed by atoms with van der Waals surface area (Å²) in [4.78, 5) is 0. The van der Waals surface area contributed by atoms with Crippen LogP contribution in [0.5, 0.6) is 0 Å². The first-order chi connectivity index (χ1) is 9.95. The van der Waals surface area contributed by atoms with E-state index in [0.29, 0.717) is 0 Å². The molecule has 0 amide bonds. The van der Waals surface area contributed by atoms with Crippen molar-refractivity contribution in [1.29, 1.82) is 0 Å². The van der Waals surface area contributed by atoms with Crippen molar-refractivity contribution in [3.63, 3.8) is 0 Å². The van der Waals surface area contributed by atoms with Gasteiger partial charge in [-0.1, -0.05) is 36.4 Å². The van der Waals surface area contributed by atoms with Crippen molar-refractivity contribution in [3.8, 4) is 0 Å². The van der Waals surface area contributed by atoms with E-state index in [-0.39, 0.29) is 0 Å². The van der Waals surface area contributed by atoms with Crippen LogP contribution in [0, 0.1) is 6.08 Å². The third-order valence-corrected chi connectivity index (χ3v) is 3.11. The molecule has 4 rings (SSSR count). The Morgan fingerprint density at radius 2 is 1.45 bits per heavy atom. The third-order valence-electron chi connectivity index (χ3n) is 3.11. The van der Waals surface area contributed by atoms with Crippen molar-refractivity contribution < 1.29 is 23.9 Å². The summed E-state index contributed by atoms with van der Waals surface area (Å²) in [6.07, 6.45) is 10.0. The minimum atomic E-state index is 1.01. The fourth-order valence-corrected chi connectivity index (χ4v) is 2.24. The summed E-state index contributed by atoms with van der Waals surface area (Å²) in [5.41, 5.74) is 0. The molecule has 0 N–H and O–H groups in total. The van der Waals surface area contributed by atoms with Crippen LogP contribution in [0.1, 0.15) is 6.42 Å². The molecule has 0 saturated carbocycles. The molecule has 1 heteroatoms. The largest absolute Gasteiger partial charge is 0.126 e. The molecule has 0 heterocycles. The normalized spacial score (nSPS) is 11.9. The SMILES string of the molecule is [C-]1=CC=CC1.[CH2]=[Hf+2].c1ccc2c(c1)[cH-]c1ccccc12. The molecule has 0 saturated heterocycles. The Morgan fingerprint density at radius 3 is 1.85 bits per heavy atom. The second-order valence-corrected chi connectivity index (χ2v) is 4.32. The number of hydrogen-bond donors (Lipinski definition) is 0. The summed E-state index contributed by atoms with van der Waals surface area (Å²) < 4.78 is 3.39. The monoisotopic (exact) mass is 424 g/mol. The predicted molar refractivity (Wildman–Crippen MR) is 85.7 cm³/mol. The summed E-state index contributed by atoms with van der Waals surface area (Å²) in [5.74, 6) is 0. The smallest absolute Gasteiger partial charge is 0.0771 e. The maximum absolute atomic E-state index is 3.39. The molecule has 0 aromatic heterocycles. The Labute approximate surface area is 134 Å². The predicted octanol–water partition coefficient (Wildman–Crippen LogP) is 4.98. The van der Waals surface area contributed by atoms with Gasteiger partial charge in [-0.05, 0) is 0 Å². The Hall–Kier alpha value is -1.47. The van der Waals surface area contributed by atoms with Crippen LogP contribution in [0.2, 0.25) is 0 Å². The van der Waals surface area contributed by atoms with E-state index in [1.807, 2.05) is 12.2 Å². The first-order valence-corrected chi connectivity index (χ1v) is 9.09. The minimum Gasteiger partial charge on any atom is -0.126 e. The minimum absolute atomic E-state index is 1.01. The van der Waals surface area contributed by atoms with Crippen LogP contribution in [0.3, 0.4) is 0 Å². The van der Waals surface area contributed by atoms with Crippen molar-refractivity contribution in [1.82, 2.24) is 0 Å². The van der Waals surface area contributed by atoms with Gasteiger partial charge in [0.25, 0.3) is 0 Å². The first-order valence-electron chi connectivity index (χ1n) is 6.55. The Balaban J connectivity index is 0.000000177. The molecule has 3 aromatic rings. The topological polar surface area (TPSA) is 0 Å². The molecule has 20 heavy (non-hydrogen) atoms. The molecule has 0 aliphatic heterocycles. The maximum atomic E-state index is 3.39. The van der Waals surface area contributed by atoms with Crippen LogP contribution in [0.25, 0.3) is 21.5 Å². The van der Waals surface area contributed by atoms with E-state index in [2.05, 4.69) is 71.0 Å². The number of hydrogen-bond acceptors (Lipinski definition) is 0. The Bertz CT molecular complexity index is 671. The standard InChI is InChI=1S/C13H9.C5H5.CH2.Hf/c1-3-7-12-10(5-1)9-11-6-2-4-8-13(11)12;1-2-4-5-3-1;;/h1-9H;1-3H,4H2;1H2;/q2*-1;;+2. The third kappa shape index (κ3) is 3.55.